The number of nitrogens with one attached hydrogen (secondary N) is 1. The number of hydrogen-bond acceptors (Lipinski definition) is 8. The Morgan fingerprint density at radius 1 is 1.17 bits per heavy atom. The van der Waals surface area contributed by atoms with Crippen molar-refractivity contribution in [3.8, 4) is 22.8 Å². The molecule has 1 aliphatic rings. The summed E-state index contributed by atoms with van der Waals surface area (Å²) < 4.78 is 55.2. The van der Waals surface area contributed by atoms with Gasteiger partial charge >= 0.3 is 6.18 Å². The maximum absolute atomic E-state index is 12.3. The molecule has 1 aromatic carbocycles. The minimum absolute atomic E-state index is 0.0752. The monoisotopic (exact) mass is 609 g/mol. The van der Waals surface area contributed by atoms with Gasteiger partial charge in [-0.25, -0.2) is 9.97 Å². The lowest BCUT2D eigenvalue weighted by Gasteiger charge is -2.21. The molecule has 228 valence electrons. The number of aromatic nitrogens is 4. The number of rotatable bonds is 14. The van der Waals surface area contributed by atoms with Crippen LogP contribution in [0.4, 0.5) is 24.8 Å². The molecule has 3 aromatic rings. The third-order valence-corrected chi connectivity index (χ3v) is 6.86. The van der Waals surface area contributed by atoms with E-state index in [1.54, 1.807) is 18.5 Å². The number of ether oxygens (including phenoxy) is 3. The Bertz CT molecular complexity index is 1300. The molecule has 1 fully saturated rings. The highest BCUT2D eigenvalue weighted by atomic mass is 35.5. The number of benzene rings is 1. The highest BCUT2D eigenvalue weighted by Crippen LogP contribution is 2.34. The summed E-state index contributed by atoms with van der Waals surface area (Å²) in [5, 5.41) is 8.26. The second kappa shape index (κ2) is 15.1. The molecule has 0 aliphatic heterocycles. The Morgan fingerprint density at radius 2 is 1.93 bits per heavy atom. The molecule has 0 saturated heterocycles. The van der Waals surface area contributed by atoms with E-state index in [9.17, 15) is 13.2 Å². The van der Waals surface area contributed by atoms with E-state index in [0.29, 0.717) is 34.8 Å². The molecular weight excluding hydrogens is 575 g/mol. The molecule has 1 aliphatic carbocycles. The molecule has 10 nitrogen and oxygen atoms in total. The largest absolute Gasteiger partial charge is 0.487 e. The van der Waals surface area contributed by atoms with E-state index < -0.39 is 12.8 Å². The number of nitrogens with two attached hydrogens (primary N) is 1. The normalized spacial score (nSPS) is 15.2. The molecule has 2 heterocycles. The zero-order valence-corrected chi connectivity index (χ0v) is 24.1. The first-order valence-corrected chi connectivity index (χ1v) is 14.2. The molecule has 0 bridgehead atoms. The van der Waals surface area contributed by atoms with Crippen molar-refractivity contribution >= 4 is 29.6 Å². The fourth-order valence-electron chi connectivity index (χ4n) is 4.52. The quantitative estimate of drug-likeness (QED) is 0.123. The third-order valence-electron chi connectivity index (χ3n) is 6.54. The molecule has 0 unspecified atom stereocenters. The van der Waals surface area contributed by atoms with Crippen LogP contribution in [-0.2, 0) is 4.74 Å². The van der Waals surface area contributed by atoms with Crippen molar-refractivity contribution in [3.05, 3.63) is 41.8 Å². The minimum Gasteiger partial charge on any atom is -0.487 e. The molecule has 0 spiro atoms. The Morgan fingerprint density at radius 3 is 2.64 bits per heavy atom. The fraction of sp³-hybridized carbons (Fsp3) is 0.500. The number of hydrogen-bond donors (Lipinski definition) is 2. The molecule has 2 aromatic heterocycles. The summed E-state index contributed by atoms with van der Waals surface area (Å²) in [7, 11) is 0. The van der Waals surface area contributed by atoms with Crippen LogP contribution in [-0.4, -0.2) is 64.7 Å². The summed E-state index contributed by atoms with van der Waals surface area (Å²) in [6.07, 6.45) is 7.64. The van der Waals surface area contributed by atoms with Gasteiger partial charge in [0.1, 0.15) is 24.1 Å². The topological polar surface area (TPSA) is 122 Å². The van der Waals surface area contributed by atoms with Gasteiger partial charge in [0.05, 0.1) is 43.4 Å². The van der Waals surface area contributed by atoms with Crippen LogP contribution in [0, 0.1) is 0 Å². The van der Waals surface area contributed by atoms with Crippen LogP contribution >= 0.6 is 11.6 Å². The van der Waals surface area contributed by atoms with Crippen LogP contribution in [0.5, 0.6) is 11.6 Å². The molecule has 0 amide bonds. The SMILES string of the molecule is C[C@@H](CN=CN)Oc1cc(-c2cnc(Nc3cn(C4CCCCC4)nc3OCCCOCC(F)(F)F)nc2)ccc1Cl. The van der Waals surface area contributed by atoms with Crippen LogP contribution in [0.3, 0.4) is 0 Å². The predicted molar refractivity (Wildman–Crippen MR) is 155 cm³/mol. The van der Waals surface area contributed by atoms with Crippen molar-refractivity contribution in [2.45, 2.75) is 63.8 Å². The van der Waals surface area contributed by atoms with Gasteiger partial charge in [-0.3, -0.25) is 9.67 Å². The van der Waals surface area contributed by atoms with Crippen molar-refractivity contribution in [2.24, 2.45) is 10.7 Å². The second-order valence-electron chi connectivity index (χ2n) is 10.00. The highest BCUT2D eigenvalue weighted by molar-refractivity contribution is 6.32. The standard InChI is InChI=1S/C28H35ClF3N7O3/c1-19(13-34-18-33)42-25-12-20(8-9-23(25)29)21-14-35-27(36-15-21)37-24-16-39(22-6-3-2-4-7-22)38-26(24)41-11-5-10-40-17-28(30,31)32/h8-9,12,14-16,18-19,22H,2-7,10-11,13,17H2,1H3,(H2,33,34)(H,35,36,37)/t19-/m0/s1. The molecule has 14 heteroatoms. The van der Waals surface area contributed by atoms with E-state index in [1.807, 2.05) is 29.9 Å². The van der Waals surface area contributed by atoms with E-state index >= 15 is 0 Å². The van der Waals surface area contributed by atoms with Gasteiger partial charge in [0, 0.05) is 24.4 Å². The van der Waals surface area contributed by atoms with Crippen LogP contribution in [0.2, 0.25) is 5.02 Å². The van der Waals surface area contributed by atoms with Crippen LogP contribution in [0.15, 0.2) is 41.8 Å². The lowest BCUT2D eigenvalue weighted by atomic mass is 9.96. The van der Waals surface area contributed by atoms with Gasteiger partial charge in [-0.05, 0) is 37.5 Å². The fourth-order valence-corrected chi connectivity index (χ4v) is 4.68. The average molecular weight is 610 g/mol. The number of nitrogens with zero attached hydrogens (tertiary/aromatic N) is 5. The van der Waals surface area contributed by atoms with Gasteiger partial charge in [-0.15, -0.1) is 5.10 Å². The van der Waals surface area contributed by atoms with Gasteiger partial charge in [-0.2, -0.15) is 13.2 Å². The third kappa shape index (κ3) is 9.48. The van der Waals surface area contributed by atoms with Gasteiger partial charge in [-0.1, -0.05) is 36.9 Å². The smallest absolute Gasteiger partial charge is 0.411 e. The average Bonchev–Trinajstić information content (AvgIpc) is 3.37. The molecule has 42 heavy (non-hydrogen) atoms. The number of aliphatic imine (C=N–C) groups is 1. The van der Waals surface area contributed by atoms with Crippen molar-refractivity contribution in [2.75, 3.05) is 31.7 Å². The van der Waals surface area contributed by atoms with Crippen LogP contribution < -0.4 is 20.5 Å². The minimum atomic E-state index is -4.35. The lowest BCUT2D eigenvalue weighted by Crippen LogP contribution is -2.18. The Kier molecular flexibility index (Phi) is 11.2. The molecule has 3 N–H and O–H groups in total. The maximum atomic E-state index is 12.3. The maximum Gasteiger partial charge on any atom is 0.411 e. The summed E-state index contributed by atoms with van der Waals surface area (Å²) in [6.45, 7) is 1.06. The van der Waals surface area contributed by atoms with Crippen molar-refractivity contribution in [1.82, 2.24) is 19.7 Å². The van der Waals surface area contributed by atoms with E-state index in [-0.39, 0.29) is 31.8 Å². The predicted octanol–water partition coefficient (Wildman–Crippen LogP) is 6.34. The van der Waals surface area contributed by atoms with Gasteiger partial charge in [0.2, 0.25) is 5.95 Å². The van der Waals surface area contributed by atoms with E-state index in [0.717, 1.165) is 36.8 Å². The van der Waals surface area contributed by atoms with Crippen molar-refractivity contribution in [3.63, 3.8) is 0 Å². The molecule has 1 atom stereocenters. The summed E-state index contributed by atoms with van der Waals surface area (Å²) in [4.78, 5) is 12.9. The molecular formula is C28H35ClF3N7O3. The van der Waals surface area contributed by atoms with Crippen LogP contribution in [0.25, 0.3) is 11.1 Å². The van der Waals surface area contributed by atoms with Gasteiger partial charge in [0.25, 0.3) is 5.88 Å². The number of halogens is 4. The first-order chi connectivity index (χ1) is 20.2. The van der Waals surface area contributed by atoms with Crippen molar-refractivity contribution in [1.29, 1.82) is 0 Å². The number of anilines is 2. The summed E-state index contributed by atoms with van der Waals surface area (Å²) >= 11 is 6.33. The lowest BCUT2D eigenvalue weighted by molar-refractivity contribution is -0.174. The zero-order chi connectivity index (χ0) is 30.0. The summed E-state index contributed by atoms with van der Waals surface area (Å²) in [5.74, 6) is 1.17. The molecule has 1 saturated carbocycles. The Hall–Kier alpha value is -3.58. The molecule has 0 radical (unpaired) electrons. The molecule has 4 rings (SSSR count). The van der Waals surface area contributed by atoms with Gasteiger partial charge < -0.3 is 25.3 Å². The van der Waals surface area contributed by atoms with Crippen molar-refractivity contribution < 1.29 is 27.4 Å². The second-order valence-corrected chi connectivity index (χ2v) is 10.4. The van der Waals surface area contributed by atoms with Crippen LogP contribution in [0.1, 0.15) is 51.5 Å². The summed E-state index contributed by atoms with van der Waals surface area (Å²) in [5.41, 5.74) is 7.45. The zero-order valence-electron chi connectivity index (χ0n) is 23.3. The first-order valence-electron chi connectivity index (χ1n) is 13.8. The summed E-state index contributed by atoms with van der Waals surface area (Å²) in [6, 6.07) is 5.66. The Balaban J connectivity index is 1.43. The van der Waals surface area contributed by atoms with E-state index in [1.165, 1.54) is 12.8 Å². The first kappa shape index (κ1) is 31.4. The highest BCUT2D eigenvalue weighted by Gasteiger charge is 2.27. The van der Waals surface area contributed by atoms with Gasteiger partial charge in [0.15, 0.2) is 0 Å². The van der Waals surface area contributed by atoms with E-state index in [2.05, 4.69) is 30.1 Å². The van der Waals surface area contributed by atoms with E-state index in [4.69, 9.17) is 26.8 Å². The Labute approximate surface area is 247 Å². The number of alkyl halides is 3.